The Morgan fingerprint density at radius 1 is 1.08 bits per heavy atom. The molecule has 2 unspecified atom stereocenters. The molecule has 135 valence electrons. The van der Waals surface area contributed by atoms with E-state index in [0.29, 0.717) is 12.2 Å². The molecular formula is C23H27O2Pr-. The van der Waals surface area contributed by atoms with Gasteiger partial charge in [0.2, 0.25) is 0 Å². The maximum Gasteiger partial charge on any atom is 0.155 e. The van der Waals surface area contributed by atoms with E-state index in [0.717, 1.165) is 44.9 Å². The minimum Gasteiger partial charge on any atom is -0.336 e. The number of ketones is 2. The molecule has 0 heterocycles. The Morgan fingerprint density at radius 2 is 1.85 bits per heavy atom. The van der Waals surface area contributed by atoms with Crippen molar-refractivity contribution in [1.82, 2.24) is 0 Å². The molecule has 26 heavy (non-hydrogen) atoms. The number of Topliss-reactive ketones (excluding diaryl/α,β-unsaturated/α-hetero) is 1. The zero-order valence-electron chi connectivity index (χ0n) is 16.0. The van der Waals surface area contributed by atoms with Gasteiger partial charge in [0.1, 0.15) is 5.78 Å². The van der Waals surface area contributed by atoms with Crippen molar-refractivity contribution < 1.29 is 50.9 Å². The van der Waals surface area contributed by atoms with Gasteiger partial charge in [-0.25, -0.2) is 0 Å². The molecule has 1 radical (unpaired) electrons. The van der Waals surface area contributed by atoms with Gasteiger partial charge in [-0.3, -0.25) is 9.59 Å². The third-order valence-electron chi connectivity index (χ3n) is 8.45. The zero-order valence-corrected chi connectivity index (χ0v) is 19.7. The van der Waals surface area contributed by atoms with Crippen molar-refractivity contribution in [1.29, 1.82) is 0 Å². The summed E-state index contributed by atoms with van der Waals surface area (Å²) in [5.41, 5.74) is 5.44. The van der Waals surface area contributed by atoms with Crippen LogP contribution in [0.3, 0.4) is 0 Å². The van der Waals surface area contributed by atoms with Crippen LogP contribution >= 0.6 is 0 Å². The Labute approximate surface area is 189 Å². The molecule has 1 saturated carbocycles. The van der Waals surface area contributed by atoms with Crippen LogP contribution in [0.2, 0.25) is 0 Å². The number of hydrogen-bond acceptors (Lipinski definition) is 2. The van der Waals surface area contributed by atoms with Gasteiger partial charge in [-0.1, -0.05) is 43.1 Å². The molecule has 0 aromatic rings. The summed E-state index contributed by atoms with van der Waals surface area (Å²) in [5, 5.41) is 0. The molecule has 4 atom stereocenters. The van der Waals surface area contributed by atoms with Crippen LogP contribution in [0.25, 0.3) is 0 Å². The van der Waals surface area contributed by atoms with Crippen molar-refractivity contribution in [3.05, 3.63) is 41.4 Å². The topological polar surface area (TPSA) is 34.1 Å². The van der Waals surface area contributed by atoms with Gasteiger partial charge in [-0.05, 0) is 49.2 Å². The fourth-order valence-corrected chi connectivity index (χ4v) is 6.93. The van der Waals surface area contributed by atoms with Gasteiger partial charge in [0, 0.05) is 59.5 Å². The fourth-order valence-electron chi connectivity index (χ4n) is 6.93. The summed E-state index contributed by atoms with van der Waals surface area (Å²) < 4.78 is 0. The van der Waals surface area contributed by atoms with E-state index in [9.17, 15) is 9.59 Å². The molecule has 0 aliphatic heterocycles. The van der Waals surface area contributed by atoms with Crippen LogP contribution in [0.15, 0.2) is 34.4 Å². The summed E-state index contributed by atoms with van der Waals surface area (Å²) in [6.45, 7) is 9.15. The molecule has 1 spiro atoms. The normalized spacial score (nSPS) is 43.7. The maximum atomic E-state index is 13.1. The largest absolute Gasteiger partial charge is 0.336 e. The SMILES string of the molecule is [CH2-][C@@H]1CC2=CC(=O)CCC2(C)C2=C1C1=CC[C@@]3(C)CCC(=O)C13CC2.[Pr]. The molecule has 0 aromatic carbocycles. The molecule has 2 nitrogen and oxygen atoms in total. The van der Waals surface area contributed by atoms with Gasteiger partial charge in [0.15, 0.2) is 5.78 Å². The predicted molar refractivity (Wildman–Crippen MR) is 97.6 cm³/mol. The third kappa shape index (κ3) is 2.12. The van der Waals surface area contributed by atoms with Crippen LogP contribution in [-0.4, -0.2) is 11.6 Å². The van der Waals surface area contributed by atoms with Gasteiger partial charge in [-0.15, -0.1) is 5.92 Å². The van der Waals surface area contributed by atoms with E-state index >= 15 is 0 Å². The van der Waals surface area contributed by atoms with Crippen molar-refractivity contribution in [3.8, 4) is 0 Å². The average Bonchev–Trinajstić information content (AvgIpc) is 3.01. The van der Waals surface area contributed by atoms with E-state index in [1.807, 2.05) is 6.08 Å². The Hall–Kier alpha value is -0.0764. The zero-order chi connectivity index (χ0) is 17.6. The van der Waals surface area contributed by atoms with Crippen LogP contribution in [-0.2, 0) is 9.59 Å². The second kappa shape index (κ2) is 5.96. The molecule has 0 amide bonds. The van der Waals surface area contributed by atoms with Crippen molar-refractivity contribution in [2.75, 3.05) is 0 Å². The summed E-state index contributed by atoms with van der Waals surface area (Å²) in [4.78, 5) is 25.0. The van der Waals surface area contributed by atoms with Crippen LogP contribution < -0.4 is 0 Å². The second-order valence-electron chi connectivity index (χ2n) is 9.47. The fraction of sp³-hybridized carbons (Fsp3) is 0.609. The first-order chi connectivity index (χ1) is 11.8. The Bertz CT molecular complexity index is 816. The number of allylic oxidation sites excluding steroid dienone is 6. The van der Waals surface area contributed by atoms with Crippen molar-refractivity contribution in [3.63, 3.8) is 0 Å². The molecule has 0 aromatic heterocycles. The molecule has 0 saturated heterocycles. The summed E-state index contributed by atoms with van der Waals surface area (Å²) >= 11 is 0. The van der Waals surface area contributed by atoms with Gasteiger partial charge in [-0.2, -0.15) is 0 Å². The molecule has 5 aliphatic rings. The standard InChI is InChI=1S/C23H27O2.Pr/c1-14-12-15-13-16(24)4-10-22(15,3)17-6-11-23-18(20(14)17)5-8-21(23,2)9-7-19(23)25;/h5,13-14H,1,4,6-12H2,2-3H3;/q-1;/t14-,21+,22?,23?;/m1./s1. The first-order valence-electron chi connectivity index (χ1n) is 9.87. The van der Waals surface area contributed by atoms with Crippen LogP contribution in [0.5, 0.6) is 0 Å². The number of carbonyl (C=O) groups is 2. The Kier molecular flexibility index (Phi) is 4.41. The molecule has 5 aliphatic carbocycles. The Balaban J connectivity index is 0.00000168. The summed E-state index contributed by atoms with van der Waals surface area (Å²) in [6.07, 6.45) is 11.5. The molecule has 5 rings (SSSR count). The minimum atomic E-state index is -0.232. The van der Waals surface area contributed by atoms with Crippen LogP contribution in [0, 0.1) is 70.4 Å². The number of fused-ring (bicyclic) bond motifs is 3. The van der Waals surface area contributed by atoms with Crippen LogP contribution in [0.1, 0.15) is 65.2 Å². The van der Waals surface area contributed by atoms with E-state index in [-0.39, 0.29) is 69.2 Å². The quantitative estimate of drug-likeness (QED) is 0.466. The minimum absolute atomic E-state index is 0. The summed E-state index contributed by atoms with van der Waals surface area (Å²) in [5.74, 6) is 0.928. The third-order valence-corrected chi connectivity index (χ3v) is 8.45. The van der Waals surface area contributed by atoms with Gasteiger partial charge >= 0.3 is 0 Å². The van der Waals surface area contributed by atoms with Gasteiger partial charge < -0.3 is 6.92 Å². The molecule has 1 fully saturated rings. The van der Waals surface area contributed by atoms with E-state index in [4.69, 9.17) is 0 Å². The number of hydrogen-bond donors (Lipinski definition) is 0. The molecular weight excluding hydrogens is 449 g/mol. The van der Waals surface area contributed by atoms with Crippen LogP contribution in [0.4, 0.5) is 0 Å². The van der Waals surface area contributed by atoms with E-state index in [2.05, 4.69) is 26.8 Å². The van der Waals surface area contributed by atoms with Gasteiger partial charge in [0.05, 0.1) is 5.41 Å². The summed E-state index contributed by atoms with van der Waals surface area (Å²) in [6, 6.07) is 0. The maximum absolute atomic E-state index is 13.1. The Morgan fingerprint density at radius 3 is 2.62 bits per heavy atom. The number of rotatable bonds is 0. The average molecular weight is 476 g/mol. The monoisotopic (exact) mass is 476 g/mol. The molecule has 3 heteroatoms. The summed E-state index contributed by atoms with van der Waals surface area (Å²) in [7, 11) is 0. The van der Waals surface area contributed by atoms with E-state index < -0.39 is 0 Å². The van der Waals surface area contributed by atoms with Gasteiger partial charge in [0.25, 0.3) is 0 Å². The first-order valence-corrected chi connectivity index (χ1v) is 9.87. The van der Waals surface area contributed by atoms with Crippen molar-refractivity contribution in [2.24, 2.45) is 22.2 Å². The van der Waals surface area contributed by atoms with E-state index in [1.54, 1.807) is 0 Å². The smallest absolute Gasteiger partial charge is 0.155 e. The van der Waals surface area contributed by atoms with E-state index in [1.165, 1.54) is 22.3 Å². The number of carbonyl (C=O) groups excluding carboxylic acids is 2. The second-order valence-corrected chi connectivity index (χ2v) is 9.47. The van der Waals surface area contributed by atoms with Crippen molar-refractivity contribution >= 4 is 11.6 Å². The van der Waals surface area contributed by atoms with Crippen molar-refractivity contribution in [2.45, 2.75) is 65.2 Å². The first kappa shape index (κ1) is 19.2. The molecule has 0 bridgehead atoms. The predicted octanol–water partition coefficient (Wildman–Crippen LogP) is 4.91. The molecule has 0 N–H and O–H groups in total.